The molecule has 0 aromatic carbocycles. The molecule has 0 spiro atoms. The normalized spacial score (nSPS) is 12.4. The number of rotatable bonds is 6. The van der Waals surface area contributed by atoms with Crippen molar-refractivity contribution in [2.45, 2.75) is 32.2 Å². The molecule has 0 saturated carbocycles. The summed E-state index contributed by atoms with van der Waals surface area (Å²) in [6.45, 7) is 2.01. The van der Waals surface area contributed by atoms with Gasteiger partial charge < -0.3 is 5.32 Å². The lowest BCUT2D eigenvalue weighted by atomic mass is 10.2. The van der Waals surface area contributed by atoms with Crippen LogP contribution in [0.3, 0.4) is 0 Å². The summed E-state index contributed by atoms with van der Waals surface area (Å²) < 4.78 is 0. The molecule has 1 amide bonds. The van der Waals surface area contributed by atoms with Crippen LogP contribution in [-0.4, -0.2) is 11.8 Å². The Kier molecular flexibility index (Phi) is 5.73. The van der Waals surface area contributed by atoms with E-state index in [1.165, 1.54) is 4.88 Å². The second-order valence-corrected chi connectivity index (χ2v) is 4.81. The highest BCUT2D eigenvalue weighted by atomic mass is 35.5. The highest BCUT2D eigenvalue weighted by Crippen LogP contribution is 2.18. The lowest BCUT2D eigenvalue weighted by molar-refractivity contribution is -0.121. The monoisotopic (exact) mass is 245 g/mol. The van der Waals surface area contributed by atoms with Gasteiger partial charge in [0, 0.05) is 17.2 Å². The Morgan fingerprint density at radius 1 is 1.60 bits per heavy atom. The van der Waals surface area contributed by atoms with Crippen molar-refractivity contribution in [2.24, 2.45) is 0 Å². The molecule has 84 valence electrons. The SMILES string of the molecule is CC(NC(=O)CCCCCl)c1cccs1. The van der Waals surface area contributed by atoms with Gasteiger partial charge in [-0.15, -0.1) is 22.9 Å². The van der Waals surface area contributed by atoms with Crippen molar-refractivity contribution in [3.8, 4) is 0 Å². The molecule has 0 aliphatic heterocycles. The number of carbonyl (C=O) groups is 1. The van der Waals surface area contributed by atoms with E-state index < -0.39 is 0 Å². The Morgan fingerprint density at radius 2 is 2.40 bits per heavy atom. The van der Waals surface area contributed by atoms with Crippen LogP contribution >= 0.6 is 22.9 Å². The number of alkyl halides is 1. The van der Waals surface area contributed by atoms with Crippen molar-refractivity contribution in [1.82, 2.24) is 5.32 Å². The topological polar surface area (TPSA) is 29.1 Å². The highest BCUT2D eigenvalue weighted by Gasteiger charge is 2.09. The van der Waals surface area contributed by atoms with Gasteiger partial charge >= 0.3 is 0 Å². The summed E-state index contributed by atoms with van der Waals surface area (Å²) in [6.07, 6.45) is 2.34. The molecule has 1 aromatic rings. The van der Waals surface area contributed by atoms with E-state index >= 15 is 0 Å². The number of carbonyl (C=O) groups excluding carboxylic acids is 1. The first-order chi connectivity index (χ1) is 7.24. The molecule has 1 aromatic heterocycles. The molecule has 1 rings (SSSR count). The lowest BCUT2D eigenvalue weighted by Gasteiger charge is -2.11. The number of thiophene rings is 1. The maximum Gasteiger partial charge on any atom is 0.220 e. The Balaban J connectivity index is 2.26. The fourth-order valence-electron chi connectivity index (χ4n) is 1.30. The van der Waals surface area contributed by atoms with E-state index in [0.717, 1.165) is 12.8 Å². The van der Waals surface area contributed by atoms with Gasteiger partial charge in [-0.1, -0.05) is 6.07 Å². The molecule has 0 aliphatic rings. The second kappa shape index (κ2) is 6.85. The van der Waals surface area contributed by atoms with Crippen LogP contribution in [0.2, 0.25) is 0 Å². The van der Waals surface area contributed by atoms with Gasteiger partial charge in [-0.05, 0) is 31.2 Å². The molecule has 0 saturated heterocycles. The standard InChI is InChI=1S/C11H16ClNOS/c1-9(10-5-4-8-15-10)13-11(14)6-2-3-7-12/h4-5,8-9H,2-3,6-7H2,1H3,(H,13,14). The summed E-state index contributed by atoms with van der Waals surface area (Å²) in [5, 5.41) is 4.99. The molecule has 1 atom stereocenters. The molecule has 0 aliphatic carbocycles. The maximum absolute atomic E-state index is 11.5. The van der Waals surface area contributed by atoms with Crippen LogP contribution in [0.5, 0.6) is 0 Å². The molecule has 0 fully saturated rings. The molecule has 1 N–H and O–H groups in total. The molecule has 15 heavy (non-hydrogen) atoms. The molecule has 0 radical (unpaired) electrons. The van der Waals surface area contributed by atoms with Crippen LogP contribution in [-0.2, 0) is 4.79 Å². The molecule has 2 nitrogen and oxygen atoms in total. The van der Waals surface area contributed by atoms with Gasteiger partial charge in [-0.2, -0.15) is 0 Å². The third-order valence-electron chi connectivity index (χ3n) is 2.13. The number of hydrogen-bond acceptors (Lipinski definition) is 2. The van der Waals surface area contributed by atoms with E-state index in [-0.39, 0.29) is 11.9 Å². The van der Waals surface area contributed by atoms with Crippen molar-refractivity contribution in [2.75, 3.05) is 5.88 Å². The number of hydrogen-bond donors (Lipinski definition) is 1. The van der Waals surface area contributed by atoms with Crippen LogP contribution in [0, 0.1) is 0 Å². The fraction of sp³-hybridized carbons (Fsp3) is 0.545. The summed E-state index contributed by atoms with van der Waals surface area (Å²) in [6, 6.07) is 4.15. The van der Waals surface area contributed by atoms with E-state index in [0.29, 0.717) is 12.3 Å². The van der Waals surface area contributed by atoms with Crippen LogP contribution in [0.25, 0.3) is 0 Å². The first-order valence-electron chi connectivity index (χ1n) is 5.12. The number of halogens is 1. The lowest BCUT2D eigenvalue weighted by Crippen LogP contribution is -2.25. The predicted molar refractivity (Wildman–Crippen MR) is 65.4 cm³/mol. The number of unbranched alkanes of at least 4 members (excludes halogenated alkanes) is 1. The van der Waals surface area contributed by atoms with Crippen LogP contribution in [0.1, 0.15) is 37.1 Å². The third-order valence-corrected chi connectivity index (χ3v) is 3.46. The summed E-state index contributed by atoms with van der Waals surface area (Å²) in [5.74, 6) is 0.745. The van der Waals surface area contributed by atoms with Crippen LogP contribution in [0.15, 0.2) is 17.5 Å². The minimum atomic E-state index is 0.112. The smallest absolute Gasteiger partial charge is 0.220 e. The van der Waals surface area contributed by atoms with Crippen LogP contribution < -0.4 is 5.32 Å². The van der Waals surface area contributed by atoms with Crippen molar-refractivity contribution in [1.29, 1.82) is 0 Å². The Labute approximate surface area is 99.6 Å². The van der Waals surface area contributed by atoms with Crippen molar-refractivity contribution in [3.63, 3.8) is 0 Å². The largest absolute Gasteiger partial charge is 0.349 e. The van der Waals surface area contributed by atoms with E-state index in [1.54, 1.807) is 11.3 Å². The summed E-state index contributed by atoms with van der Waals surface area (Å²) in [7, 11) is 0. The van der Waals surface area contributed by atoms with Gasteiger partial charge in [-0.25, -0.2) is 0 Å². The van der Waals surface area contributed by atoms with E-state index in [1.807, 2.05) is 24.4 Å². The molecular weight excluding hydrogens is 230 g/mol. The second-order valence-electron chi connectivity index (χ2n) is 3.45. The highest BCUT2D eigenvalue weighted by molar-refractivity contribution is 7.10. The van der Waals surface area contributed by atoms with E-state index in [4.69, 9.17) is 11.6 Å². The average molecular weight is 246 g/mol. The van der Waals surface area contributed by atoms with Crippen molar-refractivity contribution in [3.05, 3.63) is 22.4 Å². The summed E-state index contributed by atoms with van der Waals surface area (Å²) in [5.41, 5.74) is 0. The average Bonchev–Trinajstić information content (AvgIpc) is 2.70. The predicted octanol–water partition coefficient (Wildman–Crippen LogP) is 3.33. The fourth-order valence-corrected chi connectivity index (χ4v) is 2.23. The molecule has 1 heterocycles. The Bertz CT molecular complexity index is 287. The molecular formula is C11H16ClNOS. The maximum atomic E-state index is 11.5. The Morgan fingerprint density at radius 3 is 3.00 bits per heavy atom. The van der Waals surface area contributed by atoms with Crippen molar-refractivity contribution >= 4 is 28.8 Å². The third kappa shape index (κ3) is 4.67. The minimum absolute atomic E-state index is 0.112. The number of amides is 1. The van der Waals surface area contributed by atoms with Crippen LogP contribution in [0.4, 0.5) is 0 Å². The zero-order valence-corrected chi connectivity index (χ0v) is 10.4. The zero-order valence-electron chi connectivity index (χ0n) is 8.83. The van der Waals surface area contributed by atoms with Gasteiger partial charge in [0.1, 0.15) is 0 Å². The number of nitrogens with one attached hydrogen (secondary N) is 1. The van der Waals surface area contributed by atoms with Gasteiger partial charge in [-0.3, -0.25) is 4.79 Å². The first kappa shape index (κ1) is 12.5. The minimum Gasteiger partial charge on any atom is -0.349 e. The molecule has 4 heteroatoms. The van der Waals surface area contributed by atoms with E-state index in [9.17, 15) is 4.79 Å². The van der Waals surface area contributed by atoms with Gasteiger partial charge in [0.05, 0.1) is 6.04 Å². The molecule has 1 unspecified atom stereocenters. The quantitative estimate of drug-likeness (QED) is 0.605. The summed E-state index contributed by atoms with van der Waals surface area (Å²) in [4.78, 5) is 12.7. The Hall–Kier alpha value is -0.540. The van der Waals surface area contributed by atoms with Gasteiger partial charge in [0.2, 0.25) is 5.91 Å². The zero-order chi connectivity index (χ0) is 11.1. The summed E-state index contributed by atoms with van der Waals surface area (Å²) >= 11 is 7.21. The van der Waals surface area contributed by atoms with Crippen molar-refractivity contribution < 1.29 is 4.79 Å². The van der Waals surface area contributed by atoms with E-state index in [2.05, 4.69) is 5.32 Å². The van der Waals surface area contributed by atoms with Gasteiger partial charge in [0.15, 0.2) is 0 Å². The molecule has 0 bridgehead atoms. The van der Waals surface area contributed by atoms with Gasteiger partial charge in [0.25, 0.3) is 0 Å². The first-order valence-corrected chi connectivity index (χ1v) is 6.54.